The van der Waals surface area contributed by atoms with Crippen LogP contribution < -0.4 is 9.64 Å². The number of carbonyl (C=O) groups is 1. The zero-order chi connectivity index (χ0) is 21.5. The van der Waals surface area contributed by atoms with E-state index in [0.717, 1.165) is 28.1 Å². The largest absolute Gasteiger partial charge is 0.497 e. The van der Waals surface area contributed by atoms with Gasteiger partial charge >= 0.3 is 0 Å². The lowest BCUT2D eigenvalue weighted by Gasteiger charge is -2.26. The second kappa shape index (κ2) is 8.07. The van der Waals surface area contributed by atoms with Crippen LogP contribution in [-0.4, -0.2) is 49.4 Å². The van der Waals surface area contributed by atoms with Crippen LogP contribution in [0.3, 0.4) is 0 Å². The predicted molar refractivity (Wildman–Crippen MR) is 121 cm³/mol. The molecule has 0 N–H and O–H groups in total. The van der Waals surface area contributed by atoms with E-state index in [1.54, 1.807) is 7.11 Å². The Kier molecular flexibility index (Phi) is 5.63. The van der Waals surface area contributed by atoms with Crippen molar-refractivity contribution in [2.24, 2.45) is 4.99 Å². The Labute approximate surface area is 181 Å². The minimum Gasteiger partial charge on any atom is -0.497 e. The number of nitrogens with zero attached hydrogens (tertiary/aromatic N) is 2. The van der Waals surface area contributed by atoms with Gasteiger partial charge in [0, 0.05) is 10.9 Å². The van der Waals surface area contributed by atoms with E-state index < -0.39 is 9.84 Å². The average Bonchev–Trinajstić information content (AvgIpc) is 3.15. The summed E-state index contributed by atoms with van der Waals surface area (Å²) in [5.41, 5.74) is 3.88. The van der Waals surface area contributed by atoms with E-state index in [9.17, 15) is 13.2 Å². The van der Waals surface area contributed by atoms with E-state index in [1.807, 2.05) is 61.2 Å². The molecule has 2 aliphatic heterocycles. The number of hydrogen-bond acceptors (Lipinski definition) is 5. The van der Waals surface area contributed by atoms with Crippen molar-refractivity contribution in [3.05, 3.63) is 59.2 Å². The Morgan fingerprint density at radius 3 is 2.60 bits per heavy atom. The molecule has 2 heterocycles. The Morgan fingerprint density at radius 2 is 1.90 bits per heavy atom. The smallest absolute Gasteiger partial charge is 0.252 e. The fourth-order valence-electron chi connectivity index (χ4n) is 3.89. The third-order valence-corrected chi connectivity index (χ3v) is 8.64. The molecule has 30 heavy (non-hydrogen) atoms. The number of carbonyl (C=O) groups excluding carboxylic acids is 1. The summed E-state index contributed by atoms with van der Waals surface area (Å²) in [6, 6.07) is 13.2. The molecule has 2 aliphatic rings. The van der Waals surface area contributed by atoms with Gasteiger partial charge in [-0.15, -0.1) is 0 Å². The van der Waals surface area contributed by atoms with Crippen LogP contribution in [0.25, 0.3) is 0 Å². The molecule has 2 saturated heterocycles. The van der Waals surface area contributed by atoms with Gasteiger partial charge in [0.15, 0.2) is 15.0 Å². The number of benzene rings is 2. The highest BCUT2D eigenvalue weighted by Crippen LogP contribution is 2.42. The van der Waals surface area contributed by atoms with Gasteiger partial charge in [-0.05, 0) is 48.7 Å². The Balaban J connectivity index is 1.64. The molecule has 6 nitrogen and oxygen atoms in total. The van der Waals surface area contributed by atoms with Crippen molar-refractivity contribution in [2.45, 2.75) is 31.6 Å². The fourth-order valence-corrected chi connectivity index (χ4v) is 7.81. The summed E-state index contributed by atoms with van der Waals surface area (Å²) in [7, 11) is -1.49. The van der Waals surface area contributed by atoms with Crippen molar-refractivity contribution in [2.75, 3.05) is 23.5 Å². The summed E-state index contributed by atoms with van der Waals surface area (Å²) in [4.78, 5) is 19.1. The Bertz CT molecular complexity index is 1110. The summed E-state index contributed by atoms with van der Waals surface area (Å²) < 4.78 is 29.6. The summed E-state index contributed by atoms with van der Waals surface area (Å²) in [5.74, 6) is 0.693. The summed E-state index contributed by atoms with van der Waals surface area (Å²) in [6.45, 7) is 3.99. The van der Waals surface area contributed by atoms with Gasteiger partial charge in [-0.25, -0.2) is 8.42 Å². The summed E-state index contributed by atoms with van der Waals surface area (Å²) in [5, 5.41) is 0.481. The number of fused-ring (bicyclic) bond motifs is 1. The zero-order valence-electron chi connectivity index (χ0n) is 17.2. The molecule has 2 fully saturated rings. The molecule has 0 spiro atoms. The first-order chi connectivity index (χ1) is 14.3. The predicted octanol–water partition coefficient (Wildman–Crippen LogP) is 3.16. The number of aliphatic imine (C=N–C) groups is 1. The first-order valence-electron chi connectivity index (χ1n) is 9.74. The van der Waals surface area contributed by atoms with Crippen LogP contribution in [0.1, 0.15) is 16.7 Å². The van der Waals surface area contributed by atoms with Crippen molar-refractivity contribution in [1.29, 1.82) is 0 Å². The van der Waals surface area contributed by atoms with Gasteiger partial charge in [0.25, 0.3) is 5.91 Å². The van der Waals surface area contributed by atoms with Crippen LogP contribution in [0.5, 0.6) is 5.75 Å². The van der Waals surface area contributed by atoms with Crippen LogP contribution in [0, 0.1) is 13.8 Å². The van der Waals surface area contributed by atoms with E-state index in [2.05, 4.69) is 4.99 Å². The Hall–Kier alpha value is -2.32. The average molecular weight is 445 g/mol. The highest BCUT2D eigenvalue weighted by molar-refractivity contribution is 8.16. The van der Waals surface area contributed by atoms with Crippen molar-refractivity contribution >= 4 is 38.4 Å². The van der Waals surface area contributed by atoms with Gasteiger partial charge in [-0.1, -0.05) is 36.0 Å². The lowest BCUT2D eigenvalue weighted by atomic mass is 10.1. The molecule has 8 heteroatoms. The SMILES string of the molecule is COc1ccc(CC(=O)N=C2S[C@@H]3CS(=O)(=O)C[C@H]3N2c2cc(C)ccc2C)cc1. The molecule has 2 aromatic rings. The van der Waals surface area contributed by atoms with E-state index in [0.29, 0.717) is 5.17 Å². The van der Waals surface area contributed by atoms with E-state index in [4.69, 9.17) is 4.74 Å². The lowest BCUT2D eigenvalue weighted by molar-refractivity contribution is -0.117. The standard InChI is InChI=1S/C22H24N2O4S2/c1-14-4-5-15(2)18(10-14)24-19-12-30(26,27)13-20(19)29-22(24)23-21(25)11-16-6-8-17(28-3)9-7-16/h4-10,19-20H,11-13H2,1-3H3/t19-,20-/m1/s1. The number of amides is 1. The maximum absolute atomic E-state index is 12.7. The van der Waals surface area contributed by atoms with Crippen molar-refractivity contribution < 1.29 is 17.9 Å². The molecular weight excluding hydrogens is 420 g/mol. The monoisotopic (exact) mass is 444 g/mol. The molecule has 2 aromatic carbocycles. The number of anilines is 1. The van der Waals surface area contributed by atoms with Crippen molar-refractivity contribution in [1.82, 2.24) is 0 Å². The van der Waals surface area contributed by atoms with Crippen LogP contribution in [0.4, 0.5) is 5.69 Å². The minimum absolute atomic E-state index is 0.0870. The normalized spacial score (nSPS) is 23.6. The molecule has 0 aliphatic carbocycles. The number of rotatable bonds is 4. The first kappa shape index (κ1) is 20.9. The van der Waals surface area contributed by atoms with Gasteiger partial charge in [0.05, 0.1) is 31.1 Å². The maximum atomic E-state index is 12.7. The molecule has 0 unspecified atom stereocenters. The molecule has 0 radical (unpaired) electrons. The third kappa shape index (κ3) is 4.25. The molecule has 0 aromatic heterocycles. The van der Waals surface area contributed by atoms with Crippen LogP contribution in [0.15, 0.2) is 47.5 Å². The number of thioether (sulfide) groups is 1. The topological polar surface area (TPSA) is 76.0 Å². The van der Waals surface area contributed by atoms with Gasteiger partial charge in [-0.3, -0.25) is 4.79 Å². The number of hydrogen-bond donors (Lipinski definition) is 0. The van der Waals surface area contributed by atoms with Crippen LogP contribution >= 0.6 is 11.8 Å². The third-order valence-electron chi connectivity index (χ3n) is 5.43. The van der Waals surface area contributed by atoms with Gasteiger partial charge in [0.1, 0.15) is 5.75 Å². The second-order valence-corrected chi connectivity index (χ2v) is 11.1. The van der Waals surface area contributed by atoms with Gasteiger partial charge in [-0.2, -0.15) is 4.99 Å². The van der Waals surface area contributed by atoms with Crippen molar-refractivity contribution in [3.8, 4) is 5.75 Å². The van der Waals surface area contributed by atoms with E-state index in [1.165, 1.54) is 11.8 Å². The molecule has 0 bridgehead atoms. The second-order valence-electron chi connectivity index (χ2n) is 7.77. The maximum Gasteiger partial charge on any atom is 0.252 e. The molecular formula is C22H24N2O4S2. The van der Waals surface area contributed by atoms with E-state index >= 15 is 0 Å². The molecule has 158 valence electrons. The van der Waals surface area contributed by atoms with E-state index in [-0.39, 0.29) is 35.1 Å². The number of aryl methyl sites for hydroxylation is 2. The van der Waals surface area contributed by atoms with Gasteiger partial charge in [0.2, 0.25) is 0 Å². The minimum atomic E-state index is -3.09. The number of methoxy groups -OCH3 is 1. The highest BCUT2D eigenvalue weighted by atomic mass is 32.2. The number of sulfone groups is 1. The molecule has 2 atom stereocenters. The number of ether oxygens (including phenoxy) is 1. The first-order valence-corrected chi connectivity index (χ1v) is 12.4. The lowest BCUT2D eigenvalue weighted by Crippen LogP contribution is -2.38. The molecule has 4 rings (SSSR count). The number of amidine groups is 1. The zero-order valence-corrected chi connectivity index (χ0v) is 18.8. The quantitative estimate of drug-likeness (QED) is 0.721. The molecule has 0 saturated carbocycles. The van der Waals surface area contributed by atoms with Gasteiger partial charge < -0.3 is 9.64 Å². The summed E-state index contributed by atoms with van der Waals surface area (Å²) >= 11 is 1.40. The van der Waals surface area contributed by atoms with Crippen LogP contribution in [0.2, 0.25) is 0 Å². The summed E-state index contributed by atoms with van der Waals surface area (Å²) in [6.07, 6.45) is 0.183. The Morgan fingerprint density at radius 1 is 1.17 bits per heavy atom. The fraction of sp³-hybridized carbons (Fsp3) is 0.364. The highest BCUT2D eigenvalue weighted by Gasteiger charge is 2.49. The molecule has 1 amide bonds. The van der Waals surface area contributed by atoms with Crippen molar-refractivity contribution in [3.63, 3.8) is 0 Å². The van der Waals surface area contributed by atoms with Crippen LogP contribution in [-0.2, 0) is 21.1 Å².